The topological polar surface area (TPSA) is 49.9 Å². The van der Waals surface area contributed by atoms with Crippen LogP contribution in [-0.2, 0) is 21.1 Å². The van der Waals surface area contributed by atoms with E-state index in [0.29, 0.717) is 11.5 Å². The number of sulfone groups is 1. The predicted octanol–water partition coefficient (Wildman–Crippen LogP) is 1.01. The smallest absolute Gasteiger partial charge is 0.151 e. The summed E-state index contributed by atoms with van der Waals surface area (Å²) in [5.41, 5.74) is 1.32. The first-order valence-electron chi connectivity index (χ1n) is 8.30. The average Bonchev–Trinajstić information content (AvgIpc) is 2.89. The molecule has 2 atom stereocenters. The van der Waals surface area contributed by atoms with Gasteiger partial charge in [-0.1, -0.05) is 30.3 Å². The lowest BCUT2D eigenvalue weighted by Gasteiger charge is -2.36. The Balaban J connectivity index is 1.50. The first-order chi connectivity index (χ1) is 11.0. The van der Waals surface area contributed by atoms with E-state index >= 15 is 0 Å². The van der Waals surface area contributed by atoms with Gasteiger partial charge in [0.15, 0.2) is 9.84 Å². The highest BCUT2D eigenvalue weighted by Crippen LogP contribution is 2.18. The molecule has 128 valence electrons. The van der Waals surface area contributed by atoms with Crippen molar-refractivity contribution in [1.29, 1.82) is 0 Å². The van der Waals surface area contributed by atoms with Crippen LogP contribution in [0.1, 0.15) is 12.0 Å². The molecular weight excluding hydrogens is 312 g/mol. The first-order valence-corrected chi connectivity index (χ1v) is 10.1. The van der Waals surface area contributed by atoms with Crippen molar-refractivity contribution < 1.29 is 13.2 Å². The second kappa shape index (κ2) is 7.30. The van der Waals surface area contributed by atoms with Crippen LogP contribution in [0.2, 0.25) is 0 Å². The van der Waals surface area contributed by atoms with Gasteiger partial charge in [-0.15, -0.1) is 0 Å². The minimum absolute atomic E-state index is 0.146. The third-order valence-corrected chi connectivity index (χ3v) is 6.55. The largest absolute Gasteiger partial charge is 0.374 e. The van der Waals surface area contributed by atoms with Gasteiger partial charge in [0.25, 0.3) is 0 Å². The highest BCUT2D eigenvalue weighted by Gasteiger charge is 2.32. The fourth-order valence-corrected chi connectivity index (χ4v) is 5.27. The Labute approximate surface area is 139 Å². The molecule has 2 aliphatic heterocycles. The molecule has 0 radical (unpaired) electrons. The number of ether oxygens (including phenoxy) is 1. The second-order valence-corrected chi connectivity index (χ2v) is 8.94. The molecule has 23 heavy (non-hydrogen) atoms. The Hall–Kier alpha value is -0.950. The van der Waals surface area contributed by atoms with Gasteiger partial charge in [0.05, 0.1) is 24.2 Å². The molecular formula is C17H26N2O3S. The minimum atomic E-state index is -2.83. The van der Waals surface area contributed by atoms with Gasteiger partial charge >= 0.3 is 0 Å². The molecule has 2 saturated heterocycles. The zero-order valence-electron chi connectivity index (χ0n) is 13.7. The number of morpholine rings is 1. The summed E-state index contributed by atoms with van der Waals surface area (Å²) in [6.07, 6.45) is 0.903. The van der Waals surface area contributed by atoms with Crippen LogP contribution in [0.3, 0.4) is 0 Å². The van der Waals surface area contributed by atoms with Crippen LogP contribution in [0.4, 0.5) is 0 Å². The highest BCUT2D eigenvalue weighted by molar-refractivity contribution is 7.91. The lowest BCUT2D eigenvalue weighted by atomic mass is 10.1. The zero-order chi connectivity index (χ0) is 16.3. The summed E-state index contributed by atoms with van der Waals surface area (Å²) in [6.45, 7) is 4.34. The quantitative estimate of drug-likeness (QED) is 0.802. The first kappa shape index (κ1) is 16.9. The molecule has 0 N–H and O–H groups in total. The van der Waals surface area contributed by atoms with Crippen LogP contribution in [0, 0.1) is 0 Å². The number of likely N-dealkylation sites (N-methyl/N-ethyl adjacent to an activating group) is 1. The van der Waals surface area contributed by atoms with Crippen molar-refractivity contribution >= 4 is 9.84 Å². The second-order valence-electron chi connectivity index (χ2n) is 6.71. The SMILES string of the molecule is CN(C[C@H]1CN(Cc2ccccc2)CCO1)[C@H]1CCS(=O)(=O)C1. The average molecular weight is 338 g/mol. The maximum absolute atomic E-state index is 11.6. The maximum Gasteiger partial charge on any atom is 0.151 e. The molecule has 2 fully saturated rings. The number of benzene rings is 1. The summed E-state index contributed by atoms with van der Waals surface area (Å²) in [7, 11) is -0.807. The van der Waals surface area contributed by atoms with Crippen LogP contribution in [0.5, 0.6) is 0 Å². The fraction of sp³-hybridized carbons (Fsp3) is 0.647. The monoisotopic (exact) mass is 338 g/mol. The van der Waals surface area contributed by atoms with E-state index < -0.39 is 9.84 Å². The summed E-state index contributed by atoms with van der Waals surface area (Å²) in [5.74, 6) is 0.623. The normalized spacial score (nSPS) is 28.3. The number of rotatable bonds is 5. The van der Waals surface area contributed by atoms with Crippen molar-refractivity contribution in [1.82, 2.24) is 9.80 Å². The van der Waals surface area contributed by atoms with E-state index in [1.54, 1.807) is 0 Å². The highest BCUT2D eigenvalue weighted by atomic mass is 32.2. The number of hydrogen-bond donors (Lipinski definition) is 0. The Morgan fingerprint density at radius 1 is 1.30 bits per heavy atom. The molecule has 5 nitrogen and oxygen atoms in total. The van der Waals surface area contributed by atoms with Crippen molar-refractivity contribution in [3.05, 3.63) is 35.9 Å². The van der Waals surface area contributed by atoms with Gasteiger partial charge in [0.1, 0.15) is 0 Å². The molecule has 0 amide bonds. The van der Waals surface area contributed by atoms with Gasteiger partial charge in [-0.05, 0) is 19.0 Å². The van der Waals surface area contributed by atoms with Crippen LogP contribution in [0.15, 0.2) is 30.3 Å². The molecule has 2 aliphatic rings. The van der Waals surface area contributed by atoms with Crippen molar-refractivity contribution in [2.75, 3.05) is 44.8 Å². The zero-order valence-corrected chi connectivity index (χ0v) is 14.5. The lowest BCUT2D eigenvalue weighted by molar-refractivity contribution is -0.0464. The molecule has 0 aromatic heterocycles. The fourth-order valence-electron chi connectivity index (χ4n) is 3.47. The predicted molar refractivity (Wildman–Crippen MR) is 91.1 cm³/mol. The van der Waals surface area contributed by atoms with Crippen LogP contribution >= 0.6 is 0 Å². The minimum Gasteiger partial charge on any atom is -0.374 e. The number of hydrogen-bond acceptors (Lipinski definition) is 5. The van der Waals surface area contributed by atoms with Gasteiger partial charge in [-0.2, -0.15) is 0 Å². The molecule has 0 spiro atoms. The third-order valence-electron chi connectivity index (χ3n) is 4.80. The van der Waals surface area contributed by atoms with Gasteiger partial charge in [0.2, 0.25) is 0 Å². The van der Waals surface area contributed by atoms with Crippen molar-refractivity contribution in [2.24, 2.45) is 0 Å². The molecule has 0 unspecified atom stereocenters. The van der Waals surface area contributed by atoms with Crippen LogP contribution in [0.25, 0.3) is 0 Å². The molecule has 6 heteroatoms. The van der Waals surface area contributed by atoms with E-state index in [0.717, 1.165) is 39.2 Å². The standard InChI is InChI=1S/C17H26N2O3S/c1-18(16-7-10-23(20,21)14-16)12-17-13-19(8-9-22-17)11-15-5-3-2-4-6-15/h2-6,16-17H,7-14H2,1H3/t16-,17-/m0/s1. The maximum atomic E-state index is 11.6. The molecule has 2 heterocycles. The van der Waals surface area contributed by atoms with Crippen molar-refractivity contribution in [3.63, 3.8) is 0 Å². The summed E-state index contributed by atoms with van der Waals surface area (Å²) in [4.78, 5) is 4.59. The summed E-state index contributed by atoms with van der Waals surface area (Å²) < 4.78 is 29.1. The van der Waals surface area contributed by atoms with E-state index in [2.05, 4.69) is 34.1 Å². The van der Waals surface area contributed by atoms with E-state index in [4.69, 9.17) is 4.74 Å². The summed E-state index contributed by atoms with van der Waals surface area (Å²) in [6, 6.07) is 10.6. The Kier molecular flexibility index (Phi) is 5.36. The van der Waals surface area contributed by atoms with Crippen LogP contribution < -0.4 is 0 Å². The molecule has 1 aromatic rings. The van der Waals surface area contributed by atoms with Gasteiger partial charge in [-0.3, -0.25) is 9.80 Å². The lowest BCUT2D eigenvalue weighted by Crippen LogP contribution is -2.48. The van der Waals surface area contributed by atoms with E-state index in [1.165, 1.54) is 5.56 Å². The summed E-state index contributed by atoms with van der Waals surface area (Å²) >= 11 is 0. The van der Waals surface area contributed by atoms with E-state index in [-0.39, 0.29) is 12.1 Å². The molecule has 1 aromatic carbocycles. The van der Waals surface area contributed by atoms with Gasteiger partial charge in [0, 0.05) is 32.2 Å². The Bertz CT molecular complexity index is 606. The Morgan fingerprint density at radius 2 is 2.09 bits per heavy atom. The van der Waals surface area contributed by atoms with Crippen molar-refractivity contribution in [2.45, 2.75) is 25.1 Å². The van der Waals surface area contributed by atoms with Crippen molar-refractivity contribution in [3.8, 4) is 0 Å². The number of nitrogens with zero attached hydrogens (tertiary/aromatic N) is 2. The third kappa shape index (κ3) is 4.76. The summed E-state index contributed by atoms with van der Waals surface area (Å²) in [5, 5.41) is 0. The molecule has 3 rings (SSSR count). The Morgan fingerprint density at radius 3 is 2.78 bits per heavy atom. The van der Waals surface area contributed by atoms with Gasteiger partial charge < -0.3 is 4.74 Å². The molecule has 0 aliphatic carbocycles. The van der Waals surface area contributed by atoms with E-state index in [9.17, 15) is 8.42 Å². The van der Waals surface area contributed by atoms with Crippen LogP contribution in [-0.4, -0.2) is 75.2 Å². The molecule has 0 bridgehead atoms. The van der Waals surface area contributed by atoms with Gasteiger partial charge in [-0.25, -0.2) is 8.42 Å². The molecule has 0 saturated carbocycles. The van der Waals surface area contributed by atoms with E-state index in [1.807, 2.05) is 13.1 Å².